The number of aryl methyl sites for hydroxylation is 1. The van der Waals surface area contributed by atoms with Crippen molar-refractivity contribution in [3.63, 3.8) is 0 Å². The molecule has 0 saturated heterocycles. The summed E-state index contributed by atoms with van der Waals surface area (Å²) in [6.45, 7) is 3.79. The van der Waals surface area contributed by atoms with E-state index in [-0.39, 0.29) is 17.2 Å². The first-order chi connectivity index (χ1) is 8.96. The van der Waals surface area contributed by atoms with E-state index in [0.29, 0.717) is 5.69 Å². The van der Waals surface area contributed by atoms with Crippen molar-refractivity contribution in [2.45, 2.75) is 18.7 Å². The molecular weight excluding hydrogens is 266 g/mol. The van der Waals surface area contributed by atoms with Crippen LogP contribution in [0.25, 0.3) is 0 Å². The van der Waals surface area contributed by atoms with Crippen molar-refractivity contribution in [1.29, 1.82) is 0 Å². The predicted octanol–water partition coefficient (Wildman–Crippen LogP) is 1.64. The lowest BCUT2D eigenvalue weighted by molar-refractivity contribution is 0.475. The molecule has 0 spiro atoms. The Hall–Kier alpha value is -2.02. The van der Waals surface area contributed by atoms with E-state index < -0.39 is 10.0 Å². The van der Waals surface area contributed by atoms with Gasteiger partial charge in [0.15, 0.2) is 0 Å². The second-order valence-corrected chi connectivity index (χ2v) is 5.94. The van der Waals surface area contributed by atoms with Crippen molar-refractivity contribution in [3.8, 4) is 5.75 Å². The van der Waals surface area contributed by atoms with Crippen LogP contribution in [0.15, 0.2) is 35.5 Å². The minimum absolute atomic E-state index is 0.0291. The number of aromatic nitrogens is 2. The number of H-pyrrole nitrogens is 1. The number of hydrogen-bond acceptors (Lipinski definition) is 4. The van der Waals surface area contributed by atoms with Gasteiger partial charge in [0.25, 0.3) is 10.0 Å². The normalized spacial score (nSPS) is 11.5. The smallest absolute Gasteiger partial charge is 0.267 e. The van der Waals surface area contributed by atoms with E-state index in [0.717, 1.165) is 5.56 Å². The van der Waals surface area contributed by atoms with E-state index in [1.807, 2.05) is 0 Å². The molecule has 2 rings (SSSR count). The van der Waals surface area contributed by atoms with E-state index in [9.17, 15) is 13.5 Å². The SMILES string of the molecule is CCN(c1cc(O)ccc1C)S(=O)(=O)c1cn[nH]c1. The van der Waals surface area contributed by atoms with Crippen LogP contribution in [0.5, 0.6) is 5.75 Å². The first-order valence-corrected chi connectivity index (χ1v) is 7.22. The molecule has 6 nitrogen and oxygen atoms in total. The molecule has 0 atom stereocenters. The molecule has 0 aliphatic rings. The van der Waals surface area contributed by atoms with Gasteiger partial charge in [-0.25, -0.2) is 8.42 Å². The second-order valence-electron chi connectivity index (χ2n) is 4.07. The minimum Gasteiger partial charge on any atom is -0.508 e. The van der Waals surface area contributed by atoms with Crippen LogP contribution >= 0.6 is 0 Å². The Labute approximate surface area is 111 Å². The average Bonchev–Trinajstić information content (AvgIpc) is 2.88. The van der Waals surface area contributed by atoms with Crippen LogP contribution < -0.4 is 4.31 Å². The molecule has 0 saturated carbocycles. The number of benzene rings is 1. The van der Waals surface area contributed by atoms with Crippen LogP contribution in [0.4, 0.5) is 5.69 Å². The van der Waals surface area contributed by atoms with E-state index in [1.54, 1.807) is 19.9 Å². The summed E-state index contributed by atoms with van der Waals surface area (Å²) in [5, 5.41) is 15.7. The molecule has 1 aromatic heterocycles. The second kappa shape index (κ2) is 4.93. The van der Waals surface area contributed by atoms with Gasteiger partial charge in [-0.3, -0.25) is 9.40 Å². The van der Waals surface area contributed by atoms with E-state index in [4.69, 9.17) is 0 Å². The third-order valence-electron chi connectivity index (χ3n) is 2.81. The molecule has 1 aromatic carbocycles. The van der Waals surface area contributed by atoms with Gasteiger partial charge in [-0.1, -0.05) is 6.07 Å². The van der Waals surface area contributed by atoms with Gasteiger partial charge in [0.05, 0.1) is 11.9 Å². The zero-order valence-electron chi connectivity index (χ0n) is 10.7. The lowest BCUT2D eigenvalue weighted by atomic mass is 10.2. The monoisotopic (exact) mass is 281 g/mol. The maximum atomic E-state index is 12.5. The van der Waals surface area contributed by atoms with Crippen molar-refractivity contribution in [2.75, 3.05) is 10.8 Å². The van der Waals surface area contributed by atoms with E-state index in [2.05, 4.69) is 10.2 Å². The van der Waals surface area contributed by atoms with Crippen molar-refractivity contribution >= 4 is 15.7 Å². The molecule has 0 radical (unpaired) electrons. The fraction of sp³-hybridized carbons (Fsp3) is 0.250. The van der Waals surface area contributed by atoms with Crippen LogP contribution in [-0.4, -0.2) is 30.3 Å². The van der Waals surface area contributed by atoms with Gasteiger partial charge in [0, 0.05) is 18.8 Å². The number of aromatic hydroxyl groups is 1. The van der Waals surface area contributed by atoms with E-state index >= 15 is 0 Å². The van der Waals surface area contributed by atoms with Gasteiger partial charge in [-0.15, -0.1) is 0 Å². The molecule has 0 amide bonds. The molecule has 2 N–H and O–H groups in total. The Morgan fingerprint density at radius 2 is 2.16 bits per heavy atom. The molecular formula is C12H15N3O3S. The summed E-state index contributed by atoms with van der Waals surface area (Å²) in [7, 11) is -3.67. The van der Waals surface area contributed by atoms with Gasteiger partial charge in [0.2, 0.25) is 0 Å². The van der Waals surface area contributed by atoms with Crippen LogP contribution in [0.1, 0.15) is 12.5 Å². The summed E-state index contributed by atoms with van der Waals surface area (Å²) in [4.78, 5) is 0.0945. The highest BCUT2D eigenvalue weighted by atomic mass is 32.2. The van der Waals surface area contributed by atoms with Crippen LogP contribution in [0.2, 0.25) is 0 Å². The third kappa shape index (κ3) is 2.41. The summed E-state index contributed by atoms with van der Waals surface area (Å²) in [5.41, 5.74) is 1.23. The predicted molar refractivity (Wildman–Crippen MR) is 71.6 cm³/mol. The Morgan fingerprint density at radius 3 is 2.74 bits per heavy atom. The number of rotatable bonds is 4. The van der Waals surface area contributed by atoms with Crippen LogP contribution in [0.3, 0.4) is 0 Å². The lowest BCUT2D eigenvalue weighted by Gasteiger charge is -2.23. The highest BCUT2D eigenvalue weighted by Crippen LogP contribution is 2.29. The molecule has 0 aliphatic heterocycles. The zero-order chi connectivity index (χ0) is 14.0. The van der Waals surface area contributed by atoms with Gasteiger partial charge in [-0.05, 0) is 25.5 Å². The Kier molecular flexibility index (Phi) is 3.48. The third-order valence-corrected chi connectivity index (χ3v) is 4.66. The number of nitrogens with one attached hydrogen (secondary N) is 1. The molecule has 0 fully saturated rings. The molecule has 7 heteroatoms. The maximum Gasteiger partial charge on any atom is 0.267 e. The van der Waals surface area contributed by atoms with Gasteiger partial charge >= 0.3 is 0 Å². The van der Waals surface area contributed by atoms with E-state index in [1.165, 1.54) is 28.8 Å². The molecule has 102 valence electrons. The van der Waals surface area contributed by atoms with Crippen molar-refractivity contribution in [3.05, 3.63) is 36.2 Å². The summed E-state index contributed by atoms with van der Waals surface area (Å²) in [5.74, 6) is 0.0291. The number of anilines is 1. The number of sulfonamides is 1. The average molecular weight is 281 g/mol. The molecule has 2 aromatic rings. The quantitative estimate of drug-likeness (QED) is 0.892. The largest absolute Gasteiger partial charge is 0.508 e. The van der Waals surface area contributed by atoms with Crippen molar-refractivity contribution in [2.24, 2.45) is 0 Å². The Bertz CT molecular complexity index is 666. The molecule has 1 heterocycles. The topological polar surface area (TPSA) is 86.3 Å². The first kappa shape index (κ1) is 13.4. The summed E-state index contributed by atoms with van der Waals surface area (Å²) >= 11 is 0. The first-order valence-electron chi connectivity index (χ1n) is 5.78. The summed E-state index contributed by atoms with van der Waals surface area (Å²) in [6, 6.07) is 4.64. The number of phenolic OH excluding ortho intramolecular Hbond substituents is 1. The zero-order valence-corrected chi connectivity index (χ0v) is 11.5. The van der Waals surface area contributed by atoms with Crippen LogP contribution in [0, 0.1) is 6.92 Å². The summed E-state index contributed by atoms with van der Waals surface area (Å²) in [6.07, 6.45) is 2.59. The maximum absolute atomic E-state index is 12.5. The van der Waals surface area contributed by atoms with Gasteiger partial charge < -0.3 is 5.11 Å². The molecule has 0 bridgehead atoms. The van der Waals surface area contributed by atoms with Crippen molar-refractivity contribution in [1.82, 2.24) is 10.2 Å². The number of nitrogens with zero attached hydrogens (tertiary/aromatic N) is 2. The fourth-order valence-electron chi connectivity index (χ4n) is 1.84. The molecule has 0 unspecified atom stereocenters. The molecule has 19 heavy (non-hydrogen) atoms. The highest BCUT2D eigenvalue weighted by Gasteiger charge is 2.25. The van der Waals surface area contributed by atoms with Crippen molar-refractivity contribution < 1.29 is 13.5 Å². The number of hydrogen-bond donors (Lipinski definition) is 2. The standard InChI is InChI=1S/C12H15N3O3S/c1-3-15(12-6-10(16)5-4-9(12)2)19(17,18)11-7-13-14-8-11/h4-8,16H,3H2,1-2H3,(H,13,14). The Morgan fingerprint density at radius 1 is 1.42 bits per heavy atom. The summed E-state index contributed by atoms with van der Waals surface area (Å²) < 4.78 is 26.2. The Balaban J connectivity index is 2.54. The highest BCUT2D eigenvalue weighted by molar-refractivity contribution is 7.92. The van der Waals surface area contributed by atoms with Gasteiger partial charge in [-0.2, -0.15) is 5.10 Å². The molecule has 0 aliphatic carbocycles. The van der Waals surface area contributed by atoms with Gasteiger partial charge in [0.1, 0.15) is 10.6 Å². The fourth-order valence-corrected chi connectivity index (χ4v) is 3.28. The van der Waals surface area contributed by atoms with Crippen LogP contribution in [-0.2, 0) is 10.0 Å². The number of phenols is 1. The minimum atomic E-state index is -3.67. The number of aromatic amines is 1. The lowest BCUT2D eigenvalue weighted by Crippen LogP contribution is -2.31.